The molecule has 0 radical (unpaired) electrons. The molecule has 13 nitrogen and oxygen atoms in total. The van der Waals surface area contributed by atoms with E-state index in [1.807, 2.05) is 78.8 Å². The third-order valence-corrected chi connectivity index (χ3v) is 13.7. The minimum absolute atomic E-state index is 0.00719. The van der Waals surface area contributed by atoms with Crippen molar-refractivity contribution in [1.29, 1.82) is 0 Å². The van der Waals surface area contributed by atoms with Gasteiger partial charge in [0.2, 0.25) is 0 Å². The number of rotatable bonds is 9. The fourth-order valence-corrected chi connectivity index (χ4v) is 10.4. The van der Waals surface area contributed by atoms with Crippen LogP contribution in [0.3, 0.4) is 0 Å². The molecule has 13 heteroatoms. The Morgan fingerprint density at radius 3 is 2.22 bits per heavy atom. The lowest BCUT2D eigenvalue weighted by Crippen LogP contribution is -2.69. The number of hydrogen-bond donors (Lipinski definition) is 5. The Bertz CT molecular complexity index is 1420. The van der Waals surface area contributed by atoms with Crippen LogP contribution < -0.4 is 5.32 Å². The maximum atomic E-state index is 12.6. The fourth-order valence-electron chi connectivity index (χ4n) is 10.4. The molecule has 5 fully saturated rings. The van der Waals surface area contributed by atoms with Crippen LogP contribution in [0.1, 0.15) is 100 Å². The summed E-state index contributed by atoms with van der Waals surface area (Å²) in [6.45, 7) is 19.7. The van der Waals surface area contributed by atoms with Crippen molar-refractivity contribution in [2.45, 2.75) is 198 Å². The molecule has 5 aliphatic rings. The van der Waals surface area contributed by atoms with Gasteiger partial charge in [0.1, 0.15) is 17.8 Å². The van der Waals surface area contributed by atoms with Gasteiger partial charge in [-0.2, -0.15) is 0 Å². The second-order valence-electron chi connectivity index (χ2n) is 18.1. The minimum Gasteiger partial charge on any atom is -0.387 e. The van der Waals surface area contributed by atoms with Gasteiger partial charge in [0, 0.05) is 38.0 Å². The lowest BCUT2D eigenvalue weighted by Gasteiger charge is -2.55. The van der Waals surface area contributed by atoms with Crippen molar-refractivity contribution in [1.82, 2.24) is 5.32 Å². The van der Waals surface area contributed by atoms with E-state index in [1.54, 1.807) is 21.0 Å². The van der Waals surface area contributed by atoms with Crippen LogP contribution in [0, 0.1) is 23.7 Å². The van der Waals surface area contributed by atoms with Crippen LogP contribution in [0.2, 0.25) is 0 Å². The highest BCUT2D eigenvalue weighted by molar-refractivity contribution is 5.14. The number of ether oxygens (including phenoxy) is 8. The van der Waals surface area contributed by atoms with Gasteiger partial charge in [0.15, 0.2) is 12.6 Å². The normalized spacial score (nSPS) is 52.1. The van der Waals surface area contributed by atoms with Crippen molar-refractivity contribution in [2.24, 2.45) is 23.7 Å². The van der Waals surface area contributed by atoms with Crippen molar-refractivity contribution < 1.29 is 58.3 Å². The lowest BCUT2D eigenvalue weighted by molar-refractivity contribution is -0.481. The molecule has 1 aromatic carbocycles. The van der Waals surface area contributed by atoms with Crippen LogP contribution in [0.4, 0.5) is 0 Å². The highest BCUT2D eigenvalue weighted by atomic mass is 16.8. The first kappa shape index (κ1) is 43.3. The van der Waals surface area contributed by atoms with Crippen LogP contribution in [-0.4, -0.2) is 124 Å². The van der Waals surface area contributed by atoms with E-state index in [9.17, 15) is 20.4 Å². The third kappa shape index (κ3) is 8.31. The number of aliphatic hydroxyl groups excluding tert-OH is 2. The maximum Gasteiger partial charge on any atom is 0.286 e. The summed E-state index contributed by atoms with van der Waals surface area (Å²) < 4.78 is 52.6. The van der Waals surface area contributed by atoms with Gasteiger partial charge in [-0.3, -0.25) is 0 Å². The summed E-state index contributed by atoms with van der Waals surface area (Å²) in [5.74, 6) is -3.98. The van der Waals surface area contributed by atoms with Gasteiger partial charge >= 0.3 is 0 Å². The van der Waals surface area contributed by atoms with E-state index in [-0.39, 0.29) is 36.5 Å². The molecule has 6 unspecified atom stereocenters. The first-order valence-corrected chi connectivity index (χ1v) is 20.6. The molecule has 0 saturated carbocycles. The highest BCUT2D eigenvalue weighted by Crippen LogP contribution is 2.52. The predicted octanol–water partition coefficient (Wildman–Crippen LogP) is 4.01. The largest absolute Gasteiger partial charge is 0.387 e. The molecule has 5 N–H and O–H groups in total. The quantitative estimate of drug-likeness (QED) is 0.244. The van der Waals surface area contributed by atoms with Gasteiger partial charge in [-0.15, -0.1) is 0 Å². The summed E-state index contributed by atoms with van der Waals surface area (Å²) in [6, 6.07) is 9.74. The molecule has 6 rings (SSSR count). The molecule has 0 aliphatic carbocycles. The third-order valence-electron chi connectivity index (χ3n) is 13.7. The molecule has 0 amide bonds. The Balaban J connectivity index is 1.40. The zero-order valence-electron chi connectivity index (χ0n) is 34.7. The highest BCUT2D eigenvalue weighted by Gasteiger charge is 2.64. The first-order chi connectivity index (χ1) is 25.8. The van der Waals surface area contributed by atoms with Crippen LogP contribution in [0.15, 0.2) is 30.3 Å². The molecular weight excluding hydrogens is 710 g/mol. The summed E-state index contributed by atoms with van der Waals surface area (Å²) in [5.41, 5.74) is -2.25. The Morgan fingerprint density at radius 2 is 1.56 bits per heavy atom. The van der Waals surface area contributed by atoms with E-state index in [1.165, 1.54) is 0 Å². The molecule has 55 heavy (non-hydrogen) atoms. The molecular formula is C42H69NO12. The average Bonchev–Trinajstić information content (AvgIpc) is 3.46. The van der Waals surface area contributed by atoms with Gasteiger partial charge in [0.25, 0.3) is 5.97 Å². The number of nitrogens with one attached hydrogen (secondary N) is 1. The predicted molar refractivity (Wildman–Crippen MR) is 202 cm³/mol. The topological polar surface area (TPSA) is 167 Å². The van der Waals surface area contributed by atoms with Gasteiger partial charge in [0.05, 0.1) is 59.8 Å². The number of fused-ring (bicyclic) bond motifs is 4. The zero-order chi connectivity index (χ0) is 40.2. The van der Waals surface area contributed by atoms with Gasteiger partial charge in [-0.1, -0.05) is 65.0 Å². The number of aliphatic hydroxyl groups is 4. The van der Waals surface area contributed by atoms with Crippen molar-refractivity contribution in [3.63, 3.8) is 0 Å². The fraction of sp³-hybridized carbons (Fsp3) is 0.857. The van der Waals surface area contributed by atoms with Gasteiger partial charge in [-0.05, 0) is 65.4 Å². The number of methoxy groups -OCH3 is 1. The summed E-state index contributed by atoms with van der Waals surface area (Å²) in [4.78, 5) is 0. The maximum absolute atomic E-state index is 12.6. The molecule has 5 aliphatic heterocycles. The van der Waals surface area contributed by atoms with Crippen LogP contribution in [0.25, 0.3) is 0 Å². The summed E-state index contributed by atoms with van der Waals surface area (Å²) >= 11 is 0. The Kier molecular flexibility index (Phi) is 12.9. The van der Waals surface area contributed by atoms with E-state index >= 15 is 0 Å². The van der Waals surface area contributed by atoms with E-state index in [2.05, 4.69) is 12.2 Å². The zero-order valence-corrected chi connectivity index (χ0v) is 34.7. The van der Waals surface area contributed by atoms with E-state index in [4.69, 9.17) is 37.9 Å². The summed E-state index contributed by atoms with van der Waals surface area (Å²) in [7, 11) is 1.55. The van der Waals surface area contributed by atoms with E-state index in [0.29, 0.717) is 25.8 Å². The molecule has 0 spiro atoms. The standard InChI is InChI=1S/C42H69NO12/c1-12-30-41(10,46)37-24(4)33-22(2)19-40(9,54-33)36(52-38-32(44)29(18-23(3)49-38)43-21-28-16-14-13-15-17-28)25(5)34(26(6)42(47,53-30)55-37)51-31-20-39(8,48-11)35(45)27(7)50-31/h13-17,22-27,29-38,43-47H,12,18-21H2,1-11H3/t22-,23?,24-,25-,26+,27?,29?,30+,31-,32?,33?,34-,35-,36+,37+,38-,39?,40+,41+,42-/m0/s1. The molecule has 20 atom stereocenters. The molecule has 0 aromatic heterocycles. The molecule has 314 valence electrons. The Morgan fingerprint density at radius 1 is 0.873 bits per heavy atom. The van der Waals surface area contributed by atoms with Crippen molar-refractivity contribution in [3.8, 4) is 0 Å². The summed E-state index contributed by atoms with van der Waals surface area (Å²) in [6.07, 6.45) is -6.46. The Labute approximate surface area is 327 Å². The van der Waals surface area contributed by atoms with Gasteiger partial charge in [-0.25, -0.2) is 0 Å². The van der Waals surface area contributed by atoms with Crippen LogP contribution in [-0.2, 0) is 44.4 Å². The lowest BCUT2D eigenvalue weighted by atomic mass is 9.74. The second kappa shape index (κ2) is 16.4. The summed E-state index contributed by atoms with van der Waals surface area (Å²) in [5, 5.41) is 51.1. The molecule has 5 saturated heterocycles. The number of hydrogen-bond acceptors (Lipinski definition) is 13. The molecule has 4 bridgehead atoms. The smallest absolute Gasteiger partial charge is 0.286 e. The van der Waals surface area contributed by atoms with Crippen molar-refractivity contribution in [3.05, 3.63) is 35.9 Å². The van der Waals surface area contributed by atoms with Crippen LogP contribution in [0.5, 0.6) is 0 Å². The monoisotopic (exact) mass is 779 g/mol. The van der Waals surface area contributed by atoms with E-state index < -0.39 is 89.9 Å². The van der Waals surface area contributed by atoms with Gasteiger partial charge < -0.3 is 63.6 Å². The average molecular weight is 780 g/mol. The van der Waals surface area contributed by atoms with E-state index in [0.717, 1.165) is 5.56 Å². The molecule has 5 heterocycles. The minimum atomic E-state index is -2.19. The molecule has 1 aromatic rings. The number of benzene rings is 1. The Hall–Kier alpha value is -1.30. The van der Waals surface area contributed by atoms with Crippen LogP contribution >= 0.6 is 0 Å². The second-order valence-corrected chi connectivity index (χ2v) is 18.1. The first-order valence-electron chi connectivity index (χ1n) is 20.6. The van der Waals surface area contributed by atoms with Crippen molar-refractivity contribution >= 4 is 0 Å². The SMILES string of the molecule is CC[C@H]1O[C@]2(O)O[C@H]([C@@H](C)C3O[C@](C)(C[C@@H]3C)[C@H](O[C@@H]3OC(C)CC(NCc4ccccc4)C3O)[C@@H](C)[C@H](O[C@H]3CC(C)(OC)[C@@H](O)C(C)O3)[C@H]2C)[C@]1(C)O. The van der Waals surface area contributed by atoms with Crippen molar-refractivity contribution in [2.75, 3.05) is 7.11 Å².